The highest BCUT2D eigenvalue weighted by molar-refractivity contribution is 6.35. The molecule has 3 heterocycles. The third-order valence-corrected chi connectivity index (χ3v) is 5.49. The number of benzene rings is 2. The van der Waals surface area contributed by atoms with Crippen LogP contribution in [0.2, 0.25) is 10.0 Å². The van der Waals surface area contributed by atoms with Crippen molar-refractivity contribution in [3.63, 3.8) is 0 Å². The summed E-state index contributed by atoms with van der Waals surface area (Å²) in [6.07, 6.45) is 3.15. The van der Waals surface area contributed by atoms with E-state index in [2.05, 4.69) is 4.90 Å². The summed E-state index contributed by atoms with van der Waals surface area (Å²) in [5.41, 5.74) is 2.32. The largest absolute Gasteiger partial charge is 0.478 e. The highest BCUT2D eigenvalue weighted by Crippen LogP contribution is 2.42. The predicted octanol–water partition coefficient (Wildman–Crippen LogP) is 5.55. The van der Waals surface area contributed by atoms with Crippen LogP contribution >= 0.6 is 23.2 Å². The number of ketones is 1. The van der Waals surface area contributed by atoms with Crippen LogP contribution in [0.15, 0.2) is 58.9 Å². The number of hydrogen-bond acceptors (Lipinski definition) is 5. The van der Waals surface area contributed by atoms with Crippen LogP contribution < -0.4 is 9.47 Å². The van der Waals surface area contributed by atoms with Crippen LogP contribution in [-0.4, -0.2) is 17.4 Å². The summed E-state index contributed by atoms with van der Waals surface area (Å²) in [4.78, 5) is 14.8. The molecule has 0 aliphatic carbocycles. The van der Waals surface area contributed by atoms with Gasteiger partial charge in [0, 0.05) is 29.2 Å². The third-order valence-electron chi connectivity index (χ3n) is 4.91. The summed E-state index contributed by atoms with van der Waals surface area (Å²) in [7, 11) is 0. The Balaban J connectivity index is 1.43. The quantitative estimate of drug-likeness (QED) is 0.512. The molecule has 0 saturated heterocycles. The molecule has 7 heteroatoms. The number of ether oxygens (including phenoxy) is 2. The van der Waals surface area contributed by atoms with Crippen LogP contribution in [0.25, 0.3) is 6.08 Å². The van der Waals surface area contributed by atoms with Gasteiger partial charge in [0.05, 0.1) is 17.4 Å². The van der Waals surface area contributed by atoms with Crippen LogP contribution in [0, 0.1) is 0 Å². The fourth-order valence-corrected chi connectivity index (χ4v) is 3.97. The first kappa shape index (κ1) is 18.3. The molecule has 0 radical (unpaired) electrons. The molecule has 1 aromatic heterocycles. The molecule has 0 saturated carbocycles. The van der Waals surface area contributed by atoms with Crippen molar-refractivity contribution in [2.75, 3.05) is 6.73 Å². The Morgan fingerprint density at radius 1 is 1.14 bits per heavy atom. The molecule has 146 valence electrons. The first-order valence-electron chi connectivity index (χ1n) is 9.01. The number of carbonyl (C=O) groups is 1. The maximum atomic E-state index is 12.7. The number of furan rings is 1. The number of allylic oxidation sites excluding steroid dienone is 1. The van der Waals surface area contributed by atoms with Gasteiger partial charge in [-0.25, -0.2) is 0 Å². The molecular formula is C22H15Cl2NO4. The molecule has 0 N–H and O–H groups in total. The molecule has 2 aliphatic rings. The lowest BCUT2D eigenvalue weighted by molar-refractivity contribution is 0.0873. The molecule has 0 amide bonds. The molecule has 5 rings (SSSR count). The molecule has 0 bridgehead atoms. The van der Waals surface area contributed by atoms with Gasteiger partial charge >= 0.3 is 0 Å². The Hall–Kier alpha value is -2.73. The number of hydrogen-bond donors (Lipinski definition) is 0. The van der Waals surface area contributed by atoms with Gasteiger partial charge in [0.1, 0.15) is 24.0 Å². The standard InChI is InChI=1S/C22H15Cl2NO4/c23-14-4-3-13(18(24)8-14)10-25-11-17-19(28-12-25)6-5-16-21(26)20(29-22(16)17)9-15-2-1-7-27-15/h1-9H,10-12H2/b20-9-. The van der Waals surface area contributed by atoms with Crippen molar-refractivity contribution in [2.45, 2.75) is 13.1 Å². The normalized spacial score (nSPS) is 17.0. The van der Waals surface area contributed by atoms with E-state index in [1.54, 1.807) is 36.6 Å². The fraction of sp³-hybridized carbons (Fsp3) is 0.136. The maximum Gasteiger partial charge on any atom is 0.232 e. The molecule has 2 aromatic carbocycles. The van der Waals surface area contributed by atoms with Crippen LogP contribution in [0.1, 0.15) is 27.2 Å². The van der Waals surface area contributed by atoms with E-state index in [1.807, 2.05) is 18.2 Å². The van der Waals surface area contributed by atoms with Gasteiger partial charge in [-0.3, -0.25) is 9.69 Å². The zero-order valence-corrected chi connectivity index (χ0v) is 16.7. The van der Waals surface area contributed by atoms with Crippen LogP contribution in [0.4, 0.5) is 0 Å². The number of rotatable bonds is 3. The smallest absolute Gasteiger partial charge is 0.232 e. The SMILES string of the molecule is O=C1/C(=C/c2ccco2)Oc2c1ccc1c2CN(Cc2ccc(Cl)cc2Cl)CO1. The Morgan fingerprint density at radius 3 is 2.83 bits per heavy atom. The van der Waals surface area contributed by atoms with Crippen LogP contribution in [0.3, 0.4) is 0 Å². The van der Waals surface area contributed by atoms with E-state index in [0.717, 1.165) is 11.1 Å². The summed E-state index contributed by atoms with van der Waals surface area (Å²) >= 11 is 12.3. The van der Waals surface area contributed by atoms with Gasteiger partial charge < -0.3 is 13.9 Å². The summed E-state index contributed by atoms with van der Waals surface area (Å²) < 4.78 is 17.1. The lowest BCUT2D eigenvalue weighted by Gasteiger charge is -2.30. The molecule has 3 aromatic rings. The first-order valence-corrected chi connectivity index (χ1v) is 9.77. The van der Waals surface area contributed by atoms with Gasteiger partial charge in [-0.05, 0) is 42.0 Å². The van der Waals surface area contributed by atoms with Crippen molar-refractivity contribution in [2.24, 2.45) is 0 Å². The third kappa shape index (κ3) is 3.42. The minimum absolute atomic E-state index is 0.169. The summed E-state index contributed by atoms with van der Waals surface area (Å²) in [6, 6.07) is 12.5. The second kappa shape index (κ2) is 7.26. The molecule has 0 atom stereocenters. The Kier molecular flexibility index (Phi) is 4.59. The monoisotopic (exact) mass is 427 g/mol. The Morgan fingerprint density at radius 2 is 2.03 bits per heavy atom. The van der Waals surface area contributed by atoms with Gasteiger partial charge in [0.15, 0.2) is 5.76 Å². The Labute approximate surface area is 177 Å². The number of halogens is 2. The average molecular weight is 428 g/mol. The summed E-state index contributed by atoms with van der Waals surface area (Å²) in [5, 5.41) is 1.20. The number of fused-ring (bicyclic) bond motifs is 3. The van der Waals surface area contributed by atoms with Gasteiger partial charge in [0.25, 0.3) is 0 Å². The maximum absolute atomic E-state index is 12.7. The van der Waals surface area contributed by atoms with Crippen molar-refractivity contribution in [1.29, 1.82) is 0 Å². The van der Waals surface area contributed by atoms with Crippen molar-refractivity contribution in [3.05, 3.63) is 87.0 Å². The van der Waals surface area contributed by atoms with E-state index >= 15 is 0 Å². The molecular weight excluding hydrogens is 413 g/mol. The predicted molar refractivity (Wildman–Crippen MR) is 109 cm³/mol. The molecule has 0 unspecified atom stereocenters. The number of carbonyl (C=O) groups excluding carboxylic acids is 1. The average Bonchev–Trinajstić information content (AvgIpc) is 3.33. The van der Waals surface area contributed by atoms with E-state index in [4.69, 9.17) is 37.1 Å². The van der Waals surface area contributed by atoms with E-state index in [9.17, 15) is 4.79 Å². The number of Topliss-reactive ketones (excluding diaryl/α,β-unsaturated/α-hetero) is 1. The Bertz CT molecular complexity index is 1140. The first-order chi connectivity index (χ1) is 14.1. The van der Waals surface area contributed by atoms with Gasteiger partial charge in [-0.2, -0.15) is 0 Å². The molecule has 2 aliphatic heterocycles. The zero-order valence-electron chi connectivity index (χ0n) is 15.2. The second-order valence-corrected chi connectivity index (χ2v) is 7.71. The lowest BCUT2D eigenvalue weighted by Crippen LogP contribution is -2.31. The molecule has 0 spiro atoms. The topological polar surface area (TPSA) is 51.9 Å². The minimum atomic E-state index is -0.169. The van der Waals surface area contributed by atoms with Crippen molar-refractivity contribution in [3.8, 4) is 11.5 Å². The van der Waals surface area contributed by atoms with Crippen LogP contribution in [-0.2, 0) is 13.1 Å². The lowest BCUT2D eigenvalue weighted by atomic mass is 10.0. The summed E-state index contributed by atoms with van der Waals surface area (Å²) in [5.74, 6) is 1.88. The van der Waals surface area contributed by atoms with E-state index in [0.29, 0.717) is 52.7 Å². The van der Waals surface area contributed by atoms with Crippen molar-refractivity contribution >= 4 is 35.1 Å². The zero-order chi connectivity index (χ0) is 20.0. The van der Waals surface area contributed by atoms with Gasteiger partial charge in [-0.15, -0.1) is 0 Å². The van der Waals surface area contributed by atoms with E-state index < -0.39 is 0 Å². The second-order valence-electron chi connectivity index (χ2n) is 6.87. The van der Waals surface area contributed by atoms with Gasteiger partial charge in [0.2, 0.25) is 5.78 Å². The van der Waals surface area contributed by atoms with E-state index in [1.165, 1.54) is 0 Å². The summed E-state index contributed by atoms with van der Waals surface area (Å²) in [6.45, 7) is 1.56. The van der Waals surface area contributed by atoms with Crippen LogP contribution in [0.5, 0.6) is 11.5 Å². The highest BCUT2D eigenvalue weighted by atomic mass is 35.5. The van der Waals surface area contributed by atoms with Gasteiger partial charge in [-0.1, -0.05) is 29.3 Å². The number of nitrogens with zero attached hydrogens (tertiary/aromatic N) is 1. The molecule has 29 heavy (non-hydrogen) atoms. The van der Waals surface area contributed by atoms with Crippen molar-refractivity contribution < 1.29 is 18.7 Å². The molecule has 0 fully saturated rings. The van der Waals surface area contributed by atoms with Crippen molar-refractivity contribution in [1.82, 2.24) is 4.90 Å². The highest BCUT2D eigenvalue weighted by Gasteiger charge is 2.33. The fourth-order valence-electron chi connectivity index (χ4n) is 3.50. The molecule has 5 nitrogen and oxygen atoms in total. The minimum Gasteiger partial charge on any atom is -0.478 e. The van der Waals surface area contributed by atoms with E-state index in [-0.39, 0.29) is 11.5 Å².